The van der Waals surface area contributed by atoms with Gasteiger partial charge in [0.05, 0.1) is 12.2 Å². The summed E-state index contributed by atoms with van der Waals surface area (Å²) >= 11 is 0. The third kappa shape index (κ3) is 2.28. The van der Waals surface area contributed by atoms with Gasteiger partial charge in [-0.3, -0.25) is 0 Å². The van der Waals surface area contributed by atoms with Crippen LogP contribution in [0.5, 0.6) is 0 Å². The van der Waals surface area contributed by atoms with E-state index in [0.29, 0.717) is 0 Å². The molecule has 1 aliphatic heterocycles. The largest absolute Gasteiger partial charge is 0.388 e. The summed E-state index contributed by atoms with van der Waals surface area (Å²) in [6, 6.07) is 8.27. The first-order chi connectivity index (χ1) is 7.72. The van der Waals surface area contributed by atoms with E-state index in [1.165, 1.54) is 5.56 Å². The first-order valence-corrected chi connectivity index (χ1v) is 6.11. The van der Waals surface area contributed by atoms with Crippen molar-refractivity contribution >= 4 is 0 Å². The summed E-state index contributed by atoms with van der Waals surface area (Å²) in [5, 5.41) is 10.3. The minimum atomic E-state index is -0.386. The molecule has 2 nitrogen and oxygen atoms in total. The number of benzene rings is 1. The van der Waals surface area contributed by atoms with Gasteiger partial charge in [0.15, 0.2) is 0 Å². The molecule has 88 valence electrons. The number of aryl methyl sites for hydroxylation is 1. The van der Waals surface area contributed by atoms with E-state index < -0.39 is 0 Å². The second-order valence-corrected chi connectivity index (χ2v) is 4.57. The van der Waals surface area contributed by atoms with Crippen molar-refractivity contribution in [3.8, 4) is 0 Å². The number of hydrogen-bond donors (Lipinski definition) is 1. The highest BCUT2D eigenvalue weighted by Crippen LogP contribution is 2.33. The highest BCUT2D eigenvalue weighted by molar-refractivity contribution is 5.24. The molecule has 0 amide bonds. The quantitative estimate of drug-likeness (QED) is 0.848. The first kappa shape index (κ1) is 11.6. The van der Waals surface area contributed by atoms with Crippen molar-refractivity contribution in [3.05, 3.63) is 35.4 Å². The van der Waals surface area contributed by atoms with Crippen molar-refractivity contribution in [2.24, 2.45) is 5.92 Å². The number of ether oxygens (including phenoxy) is 1. The van der Waals surface area contributed by atoms with Gasteiger partial charge in [-0.15, -0.1) is 0 Å². The van der Waals surface area contributed by atoms with E-state index >= 15 is 0 Å². The molecule has 16 heavy (non-hydrogen) atoms. The summed E-state index contributed by atoms with van der Waals surface area (Å²) in [6.07, 6.45) is 1.78. The molecule has 2 rings (SSSR count). The Morgan fingerprint density at radius 1 is 1.38 bits per heavy atom. The van der Waals surface area contributed by atoms with Gasteiger partial charge in [0, 0.05) is 12.5 Å². The minimum Gasteiger partial charge on any atom is -0.388 e. The average molecular weight is 220 g/mol. The van der Waals surface area contributed by atoms with Gasteiger partial charge in [0.1, 0.15) is 0 Å². The van der Waals surface area contributed by atoms with Crippen molar-refractivity contribution in [2.45, 2.75) is 38.9 Å². The molecule has 0 saturated carbocycles. The van der Waals surface area contributed by atoms with Crippen LogP contribution < -0.4 is 0 Å². The molecule has 1 aromatic rings. The zero-order chi connectivity index (χ0) is 11.5. The lowest BCUT2D eigenvalue weighted by Gasteiger charge is -2.21. The fraction of sp³-hybridized carbons (Fsp3) is 0.571. The second kappa shape index (κ2) is 4.98. The molecule has 1 N–H and O–H groups in total. The van der Waals surface area contributed by atoms with Crippen LogP contribution in [-0.4, -0.2) is 17.8 Å². The fourth-order valence-electron chi connectivity index (χ4n) is 2.36. The number of hydrogen-bond acceptors (Lipinski definition) is 2. The Hall–Kier alpha value is -0.860. The Kier molecular flexibility index (Phi) is 3.62. The molecule has 1 saturated heterocycles. The van der Waals surface area contributed by atoms with Gasteiger partial charge in [-0.2, -0.15) is 0 Å². The van der Waals surface area contributed by atoms with E-state index in [9.17, 15) is 5.11 Å². The molecule has 1 fully saturated rings. The fourth-order valence-corrected chi connectivity index (χ4v) is 2.36. The molecule has 0 radical (unpaired) electrons. The summed E-state index contributed by atoms with van der Waals surface area (Å²) in [4.78, 5) is 0. The van der Waals surface area contributed by atoms with E-state index in [2.05, 4.69) is 19.1 Å². The molecule has 0 aromatic heterocycles. The van der Waals surface area contributed by atoms with Crippen molar-refractivity contribution in [3.63, 3.8) is 0 Å². The molecule has 3 atom stereocenters. The predicted molar refractivity (Wildman–Crippen MR) is 64.3 cm³/mol. The maximum Gasteiger partial charge on any atom is 0.0843 e. The van der Waals surface area contributed by atoms with Crippen LogP contribution >= 0.6 is 0 Å². The van der Waals surface area contributed by atoms with Gasteiger partial charge < -0.3 is 9.84 Å². The number of rotatable bonds is 3. The van der Waals surface area contributed by atoms with Crippen LogP contribution in [0.3, 0.4) is 0 Å². The smallest absolute Gasteiger partial charge is 0.0843 e. The zero-order valence-corrected chi connectivity index (χ0v) is 10.0. The van der Waals surface area contributed by atoms with Gasteiger partial charge in [-0.25, -0.2) is 0 Å². The Morgan fingerprint density at radius 3 is 2.56 bits per heavy atom. The third-order valence-electron chi connectivity index (χ3n) is 3.57. The Balaban J connectivity index is 2.10. The van der Waals surface area contributed by atoms with Crippen LogP contribution in [0.2, 0.25) is 0 Å². The Bertz CT molecular complexity index is 331. The van der Waals surface area contributed by atoms with Crippen LogP contribution in [-0.2, 0) is 11.2 Å². The molecular weight excluding hydrogens is 200 g/mol. The SMILES string of the molecule is CCc1ccc(C(O)C2CCOC2C)cc1. The van der Waals surface area contributed by atoms with Gasteiger partial charge in [-0.1, -0.05) is 31.2 Å². The molecule has 1 aliphatic rings. The highest BCUT2D eigenvalue weighted by Gasteiger charge is 2.31. The van der Waals surface area contributed by atoms with Crippen LogP contribution in [0.25, 0.3) is 0 Å². The topological polar surface area (TPSA) is 29.5 Å². The molecular formula is C14H20O2. The minimum absolute atomic E-state index is 0.167. The number of aliphatic hydroxyl groups is 1. The molecule has 2 heteroatoms. The summed E-state index contributed by atoms with van der Waals surface area (Å²) in [6.45, 7) is 4.95. The zero-order valence-electron chi connectivity index (χ0n) is 10.0. The van der Waals surface area contributed by atoms with Gasteiger partial charge in [-0.05, 0) is 30.9 Å². The van der Waals surface area contributed by atoms with Crippen LogP contribution in [0.15, 0.2) is 24.3 Å². The van der Waals surface area contributed by atoms with Crippen LogP contribution in [0.1, 0.15) is 37.5 Å². The Morgan fingerprint density at radius 2 is 2.06 bits per heavy atom. The van der Waals surface area contributed by atoms with E-state index in [-0.39, 0.29) is 18.1 Å². The average Bonchev–Trinajstić information content (AvgIpc) is 2.75. The van der Waals surface area contributed by atoms with E-state index in [0.717, 1.165) is 25.0 Å². The number of aliphatic hydroxyl groups excluding tert-OH is 1. The van der Waals surface area contributed by atoms with Crippen molar-refractivity contribution in [2.75, 3.05) is 6.61 Å². The van der Waals surface area contributed by atoms with E-state index in [4.69, 9.17) is 4.74 Å². The van der Waals surface area contributed by atoms with Crippen molar-refractivity contribution in [1.29, 1.82) is 0 Å². The first-order valence-electron chi connectivity index (χ1n) is 6.11. The predicted octanol–water partition coefficient (Wildman–Crippen LogP) is 2.71. The highest BCUT2D eigenvalue weighted by atomic mass is 16.5. The third-order valence-corrected chi connectivity index (χ3v) is 3.57. The molecule has 0 spiro atoms. The van der Waals surface area contributed by atoms with Gasteiger partial charge >= 0.3 is 0 Å². The normalized spacial score (nSPS) is 26.9. The Labute approximate surface area is 97.3 Å². The summed E-state index contributed by atoms with van der Waals surface area (Å²) in [7, 11) is 0. The lowest BCUT2D eigenvalue weighted by atomic mass is 9.90. The second-order valence-electron chi connectivity index (χ2n) is 4.57. The lowest BCUT2D eigenvalue weighted by Crippen LogP contribution is -2.19. The van der Waals surface area contributed by atoms with E-state index in [1.54, 1.807) is 0 Å². The van der Waals surface area contributed by atoms with Crippen LogP contribution in [0, 0.1) is 5.92 Å². The summed E-state index contributed by atoms with van der Waals surface area (Å²) in [5.74, 6) is 0.243. The molecule has 3 unspecified atom stereocenters. The summed E-state index contributed by atoms with van der Waals surface area (Å²) in [5.41, 5.74) is 2.33. The van der Waals surface area contributed by atoms with Crippen molar-refractivity contribution < 1.29 is 9.84 Å². The van der Waals surface area contributed by atoms with Gasteiger partial charge in [0.2, 0.25) is 0 Å². The lowest BCUT2D eigenvalue weighted by molar-refractivity contribution is 0.0431. The molecule has 1 heterocycles. The monoisotopic (exact) mass is 220 g/mol. The molecule has 0 aliphatic carbocycles. The summed E-state index contributed by atoms with van der Waals surface area (Å²) < 4.78 is 5.49. The van der Waals surface area contributed by atoms with E-state index in [1.807, 2.05) is 19.1 Å². The van der Waals surface area contributed by atoms with Crippen LogP contribution in [0.4, 0.5) is 0 Å². The maximum atomic E-state index is 10.3. The van der Waals surface area contributed by atoms with Gasteiger partial charge in [0.25, 0.3) is 0 Å². The molecule has 1 aromatic carbocycles. The van der Waals surface area contributed by atoms with Crippen molar-refractivity contribution in [1.82, 2.24) is 0 Å². The molecule has 0 bridgehead atoms. The standard InChI is InChI=1S/C14H20O2/c1-3-11-4-6-12(7-5-11)14(15)13-8-9-16-10(13)2/h4-7,10,13-15H,3,8-9H2,1-2H3. The maximum absolute atomic E-state index is 10.3.